The molecule has 0 spiro atoms. The molecule has 0 aromatic heterocycles. The van der Waals surface area contributed by atoms with E-state index >= 15 is 0 Å². The van der Waals surface area contributed by atoms with E-state index in [1.165, 1.54) is 6.92 Å². The molecule has 2 bridgehead atoms. The fourth-order valence-corrected chi connectivity index (χ4v) is 4.30. The third-order valence-corrected chi connectivity index (χ3v) is 5.43. The van der Waals surface area contributed by atoms with E-state index in [1.54, 1.807) is 0 Å². The quantitative estimate of drug-likeness (QED) is 0.411. The van der Waals surface area contributed by atoms with Gasteiger partial charge < -0.3 is 14.2 Å². The topological polar surface area (TPSA) is 61.8 Å². The lowest BCUT2D eigenvalue weighted by Crippen LogP contribution is -2.50. The van der Waals surface area contributed by atoms with Crippen LogP contribution in [-0.2, 0) is 23.8 Å². The van der Waals surface area contributed by atoms with Crippen LogP contribution >= 0.6 is 0 Å². The Balaban J connectivity index is 1.76. The molecule has 3 rings (SSSR count). The van der Waals surface area contributed by atoms with Gasteiger partial charge in [-0.2, -0.15) is 26.3 Å². The highest BCUT2D eigenvalue weighted by Gasteiger charge is 2.71. The Hall–Kier alpha value is -1.78. The molecule has 2 aliphatic carbocycles. The Labute approximate surface area is 149 Å². The molecular formula is C16H16F6O5. The molecule has 0 radical (unpaired) electrons. The lowest BCUT2D eigenvalue weighted by atomic mass is 9.74. The molecule has 1 saturated heterocycles. The average molecular weight is 402 g/mol. The summed E-state index contributed by atoms with van der Waals surface area (Å²) in [4.78, 5) is 24.0. The van der Waals surface area contributed by atoms with Crippen molar-refractivity contribution in [1.82, 2.24) is 0 Å². The molecule has 0 N–H and O–H groups in total. The van der Waals surface area contributed by atoms with E-state index < -0.39 is 59.9 Å². The minimum Gasteiger partial charge on any atom is -0.456 e. The van der Waals surface area contributed by atoms with Crippen LogP contribution in [0.15, 0.2) is 12.2 Å². The summed E-state index contributed by atoms with van der Waals surface area (Å²) in [5.41, 5.74) is -1.45. The molecular weight excluding hydrogens is 386 g/mol. The summed E-state index contributed by atoms with van der Waals surface area (Å²) in [6.07, 6.45) is -17.0. The Morgan fingerprint density at radius 1 is 1.19 bits per heavy atom. The van der Waals surface area contributed by atoms with E-state index in [1.807, 2.05) is 0 Å². The first-order valence-corrected chi connectivity index (χ1v) is 8.10. The molecule has 27 heavy (non-hydrogen) atoms. The van der Waals surface area contributed by atoms with E-state index in [0.29, 0.717) is 0 Å². The number of alkyl halides is 6. The van der Waals surface area contributed by atoms with Gasteiger partial charge in [0.25, 0.3) is 6.10 Å². The van der Waals surface area contributed by atoms with Crippen LogP contribution in [0.1, 0.15) is 19.8 Å². The maximum absolute atomic E-state index is 12.7. The maximum atomic E-state index is 12.7. The van der Waals surface area contributed by atoms with Crippen molar-refractivity contribution in [1.29, 1.82) is 0 Å². The van der Waals surface area contributed by atoms with Gasteiger partial charge in [0.15, 0.2) is 0 Å². The largest absolute Gasteiger partial charge is 0.456 e. The molecule has 1 heterocycles. The lowest BCUT2D eigenvalue weighted by molar-refractivity contribution is -0.316. The summed E-state index contributed by atoms with van der Waals surface area (Å²) in [6.45, 7) is 4.50. The second-order valence-corrected chi connectivity index (χ2v) is 7.26. The van der Waals surface area contributed by atoms with Crippen molar-refractivity contribution in [2.45, 2.75) is 50.4 Å². The van der Waals surface area contributed by atoms with E-state index in [4.69, 9.17) is 9.47 Å². The molecule has 3 aliphatic rings. The zero-order chi connectivity index (χ0) is 20.4. The average Bonchev–Trinajstić information content (AvgIpc) is 3.10. The van der Waals surface area contributed by atoms with Gasteiger partial charge in [-0.25, -0.2) is 4.79 Å². The van der Waals surface area contributed by atoms with Gasteiger partial charge in [-0.3, -0.25) is 4.79 Å². The van der Waals surface area contributed by atoms with Gasteiger partial charge in [0, 0.05) is 17.4 Å². The predicted molar refractivity (Wildman–Crippen MR) is 75.1 cm³/mol. The van der Waals surface area contributed by atoms with Gasteiger partial charge >= 0.3 is 24.3 Å². The molecule has 0 aromatic carbocycles. The Bertz CT molecular complexity index is 657. The smallest absolute Gasteiger partial charge is 0.434 e. The van der Waals surface area contributed by atoms with Gasteiger partial charge in [-0.15, -0.1) is 0 Å². The van der Waals surface area contributed by atoms with Crippen LogP contribution in [0.3, 0.4) is 0 Å². The van der Waals surface area contributed by atoms with Crippen molar-refractivity contribution in [2.24, 2.45) is 17.3 Å². The molecule has 1 aliphatic heterocycles. The van der Waals surface area contributed by atoms with Crippen molar-refractivity contribution in [3.8, 4) is 0 Å². The first kappa shape index (κ1) is 20.0. The number of ether oxygens (including phenoxy) is 3. The highest BCUT2D eigenvalue weighted by Crippen LogP contribution is 2.62. The molecule has 5 unspecified atom stereocenters. The molecule has 11 heteroatoms. The monoisotopic (exact) mass is 402 g/mol. The summed E-state index contributed by atoms with van der Waals surface area (Å²) >= 11 is 0. The van der Waals surface area contributed by atoms with Crippen LogP contribution in [0.25, 0.3) is 0 Å². The summed E-state index contributed by atoms with van der Waals surface area (Å²) in [5, 5.41) is 0. The van der Waals surface area contributed by atoms with Crippen LogP contribution < -0.4 is 0 Å². The standard InChI is InChI=1S/C16H16F6O5/c1-6(2)11(23)26-9-7-3-8-10(9)25-5-14(8,4-7)13(24)27-12(15(17,18)19)16(20,21)22/h7-10,12H,1,3-5H2,2H3. The second-order valence-electron chi connectivity index (χ2n) is 7.26. The van der Waals surface area contributed by atoms with Crippen LogP contribution in [0.4, 0.5) is 26.3 Å². The molecule has 0 amide bonds. The van der Waals surface area contributed by atoms with E-state index in [0.717, 1.165) is 0 Å². The third kappa shape index (κ3) is 3.19. The number of rotatable bonds is 4. The molecule has 152 valence electrons. The number of carbonyl (C=O) groups is 2. The zero-order valence-electron chi connectivity index (χ0n) is 14.0. The number of carbonyl (C=O) groups excluding carboxylic acids is 2. The van der Waals surface area contributed by atoms with Crippen molar-refractivity contribution in [2.75, 3.05) is 6.61 Å². The number of esters is 2. The summed E-state index contributed by atoms with van der Waals surface area (Å²) in [6, 6.07) is 0. The van der Waals surface area contributed by atoms with Crippen LogP contribution in [0.5, 0.6) is 0 Å². The van der Waals surface area contributed by atoms with Gasteiger partial charge in [-0.1, -0.05) is 6.58 Å². The molecule has 5 nitrogen and oxygen atoms in total. The van der Waals surface area contributed by atoms with Gasteiger partial charge in [0.05, 0.1) is 18.1 Å². The van der Waals surface area contributed by atoms with Crippen LogP contribution in [0.2, 0.25) is 0 Å². The first-order chi connectivity index (χ1) is 12.3. The van der Waals surface area contributed by atoms with Crippen molar-refractivity contribution >= 4 is 11.9 Å². The van der Waals surface area contributed by atoms with Crippen LogP contribution in [-0.4, -0.2) is 49.2 Å². The normalized spacial score (nSPS) is 34.8. The maximum Gasteiger partial charge on any atom is 0.434 e. The Morgan fingerprint density at radius 2 is 1.78 bits per heavy atom. The lowest BCUT2D eigenvalue weighted by Gasteiger charge is -2.34. The van der Waals surface area contributed by atoms with E-state index in [-0.39, 0.29) is 25.0 Å². The van der Waals surface area contributed by atoms with Crippen molar-refractivity contribution in [3.05, 3.63) is 12.2 Å². The number of fused-ring (bicyclic) bond motifs is 1. The number of halogens is 6. The van der Waals surface area contributed by atoms with Crippen LogP contribution in [0, 0.1) is 17.3 Å². The summed E-state index contributed by atoms with van der Waals surface area (Å²) in [7, 11) is 0. The Kier molecular flexibility index (Phi) is 4.52. The summed E-state index contributed by atoms with van der Waals surface area (Å²) < 4.78 is 90.7. The van der Waals surface area contributed by atoms with E-state index in [2.05, 4.69) is 11.3 Å². The Morgan fingerprint density at radius 3 is 2.30 bits per heavy atom. The van der Waals surface area contributed by atoms with Gasteiger partial charge in [-0.05, 0) is 19.8 Å². The fraction of sp³-hybridized carbons (Fsp3) is 0.750. The van der Waals surface area contributed by atoms with E-state index in [9.17, 15) is 35.9 Å². The highest BCUT2D eigenvalue weighted by molar-refractivity contribution is 5.87. The summed E-state index contributed by atoms with van der Waals surface area (Å²) in [5.74, 6) is -3.33. The number of hydrogen-bond donors (Lipinski definition) is 0. The molecule has 3 fully saturated rings. The zero-order valence-corrected chi connectivity index (χ0v) is 14.0. The molecule has 0 aromatic rings. The fourth-order valence-electron chi connectivity index (χ4n) is 4.30. The third-order valence-electron chi connectivity index (χ3n) is 5.43. The van der Waals surface area contributed by atoms with Gasteiger partial charge in [0.2, 0.25) is 0 Å². The predicted octanol–water partition coefficient (Wildman–Crippen LogP) is 2.94. The minimum atomic E-state index is -5.78. The highest BCUT2D eigenvalue weighted by atomic mass is 19.4. The first-order valence-electron chi connectivity index (χ1n) is 8.10. The second kappa shape index (κ2) is 6.11. The van der Waals surface area contributed by atoms with Crippen molar-refractivity contribution in [3.63, 3.8) is 0 Å². The van der Waals surface area contributed by atoms with Gasteiger partial charge in [0.1, 0.15) is 6.10 Å². The minimum absolute atomic E-state index is 0.0659. The van der Waals surface area contributed by atoms with Crippen molar-refractivity contribution < 1.29 is 50.1 Å². The molecule has 2 saturated carbocycles. The molecule has 5 atom stereocenters. The SMILES string of the molecule is C=C(C)C(=O)OC1C2CC3C1OCC3(C(=O)OC(C(F)(F)F)C(F)(F)F)C2. The number of hydrogen-bond acceptors (Lipinski definition) is 5.